The van der Waals surface area contributed by atoms with Crippen molar-refractivity contribution >= 4 is 17.6 Å². The smallest absolute Gasteiger partial charge is 0.257 e. The summed E-state index contributed by atoms with van der Waals surface area (Å²) in [5, 5.41) is 2.73. The van der Waals surface area contributed by atoms with Crippen LogP contribution in [-0.2, 0) is 4.79 Å². The number of likely N-dealkylation sites (tertiary alicyclic amines) is 1. The Balaban J connectivity index is 1.97. The largest absolute Gasteiger partial charge is 0.341 e. The Bertz CT molecular complexity index is 685. The number of H-pyrrole nitrogens is 1. The summed E-state index contributed by atoms with van der Waals surface area (Å²) in [6, 6.07) is 11.6. The Morgan fingerprint density at radius 1 is 1.14 bits per heavy atom. The molecule has 3 rings (SSSR count). The van der Waals surface area contributed by atoms with Crippen molar-refractivity contribution in [1.82, 2.24) is 9.88 Å². The Morgan fingerprint density at radius 2 is 1.82 bits per heavy atom. The average molecular weight is 297 g/mol. The predicted molar refractivity (Wildman–Crippen MR) is 85.7 cm³/mol. The number of hydrogen-bond donors (Lipinski definition) is 2. The van der Waals surface area contributed by atoms with E-state index in [0.29, 0.717) is 11.4 Å². The van der Waals surface area contributed by atoms with E-state index in [2.05, 4.69) is 10.3 Å². The lowest BCUT2D eigenvalue weighted by Crippen LogP contribution is -2.28. The highest BCUT2D eigenvalue weighted by molar-refractivity contribution is 6.04. The van der Waals surface area contributed by atoms with Gasteiger partial charge >= 0.3 is 0 Å². The minimum atomic E-state index is -0.197. The first-order valence-electron chi connectivity index (χ1n) is 7.50. The van der Waals surface area contributed by atoms with Gasteiger partial charge in [-0.3, -0.25) is 9.59 Å². The lowest BCUT2D eigenvalue weighted by Gasteiger charge is -2.15. The van der Waals surface area contributed by atoms with Gasteiger partial charge in [-0.15, -0.1) is 0 Å². The summed E-state index contributed by atoms with van der Waals surface area (Å²) < 4.78 is 0. The lowest BCUT2D eigenvalue weighted by molar-refractivity contribution is -0.114. The molecule has 5 heteroatoms. The summed E-state index contributed by atoms with van der Waals surface area (Å²) in [4.78, 5) is 29.0. The number of rotatable bonds is 3. The summed E-state index contributed by atoms with van der Waals surface area (Å²) in [6.45, 7) is 3.00. The van der Waals surface area contributed by atoms with Crippen LogP contribution in [0.3, 0.4) is 0 Å². The molecule has 1 aromatic heterocycles. The summed E-state index contributed by atoms with van der Waals surface area (Å²) >= 11 is 0. The number of carbonyl (C=O) groups excluding carboxylic acids is 2. The molecule has 0 unspecified atom stereocenters. The normalized spacial score (nSPS) is 14.1. The number of anilines is 1. The fraction of sp³-hybridized carbons (Fsp3) is 0.294. The molecule has 0 aliphatic carbocycles. The molecule has 2 aromatic rings. The maximum atomic E-state index is 12.6. The first kappa shape index (κ1) is 14.4. The SMILES string of the molecule is CC(=O)Nc1[nH]c(-c2ccccc2)cc1C(=O)N1CCCC1. The highest BCUT2D eigenvalue weighted by atomic mass is 16.2. The van der Waals surface area contributed by atoms with Crippen LogP contribution in [0.1, 0.15) is 30.1 Å². The van der Waals surface area contributed by atoms with Crippen molar-refractivity contribution in [3.63, 3.8) is 0 Å². The summed E-state index contributed by atoms with van der Waals surface area (Å²) in [7, 11) is 0. The Kier molecular flexibility index (Phi) is 3.96. The molecule has 1 aromatic carbocycles. The van der Waals surface area contributed by atoms with E-state index in [1.54, 1.807) is 0 Å². The molecule has 5 nitrogen and oxygen atoms in total. The third-order valence-corrected chi connectivity index (χ3v) is 3.83. The molecular weight excluding hydrogens is 278 g/mol. The third kappa shape index (κ3) is 2.88. The van der Waals surface area contributed by atoms with E-state index in [1.165, 1.54) is 6.92 Å². The minimum absolute atomic E-state index is 0.0281. The van der Waals surface area contributed by atoms with Crippen LogP contribution in [0.15, 0.2) is 36.4 Å². The Labute approximate surface area is 129 Å². The van der Waals surface area contributed by atoms with Crippen LogP contribution in [-0.4, -0.2) is 34.8 Å². The molecule has 0 radical (unpaired) electrons. The number of nitrogens with one attached hydrogen (secondary N) is 2. The van der Waals surface area contributed by atoms with E-state index >= 15 is 0 Å². The second-order valence-corrected chi connectivity index (χ2v) is 5.52. The topological polar surface area (TPSA) is 65.2 Å². The molecule has 1 aliphatic heterocycles. The lowest BCUT2D eigenvalue weighted by atomic mass is 10.1. The number of nitrogens with zero attached hydrogens (tertiary/aromatic N) is 1. The molecule has 2 N–H and O–H groups in total. The van der Waals surface area contributed by atoms with Crippen LogP contribution < -0.4 is 5.32 Å². The molecule has 1 aliphatic rings. The zero-order chi connectivity index (χ0) is 15.5. The molecule has 0 bridgehead atoms. The van der Waals surface area contributed by atoms with Crippen molar-refractivity contribution in [1.29, 1.82) is 0 Å². The fourth-order valence-corrected chi connectivity index (χ4v) is 2.76. The molecule has 2 heterocycles. The average Bonchev–Trinajstić information content (AvgIpc) is 3.16. The summed E-state index contributed by atoms with van der Waals surface area (Å²) in [5.74, 6) is 0.250. The van der Waals surface area contributed by atoms with E-state index in [-0.39, 0.29) is 11.8 Å². The standard InChI is InChI=1S/C17H19N3O2/c1-12(21)18-16-14(17(22)20-9-5-6-10-20)11-15(19-16)13-7-3-2-4-8-13/h2-4,7-8,11,19H,5-6,9-10H2,1H3,(H,18,21). The maximum Gasteiger partial charge on any atom is 0.257 e. The molecule has 114 valence electrons. The molecule has 0 spiro atoms. The van der Waals surface area contributed by atoms with Gasteiger partial charge < -0.3 is 15.2 Å². The van der Waals surface area contributed by atoms with E-state index in [9.17, 15) is 9.59 Å². The molecule has 1 fully saturated rings. The predicted octanol–water partition coefficient (Wildman–Crippen LogP) is 2.88. The van der Waals surface area contributed by atoms with Crippen molar-refractivity contribution in [3.8, 4) is 11.3 Å². The second-order valence-electron chi connectivity index (χ2n) is 5.52. The molecule has 1 saturated heterocycles. The quantitative estimate of drug-likeness (QED) is 0.915. The van der Waals surface area contributed by atoms with Gasteiger partial charge in [0.25, 0.3) is 5.91 Å². The van der Waals surface area contributed by atoms with Crippen molar-refractivity contribution in [2.24, 2.45) is 0 Å². The van der Waals surface area contributed by atoms with Gasteiger partial charge in [-0.1, -0.05) is 30.3 Å². The number of aromatic amines is 1. The molecule has 22 heavy (non-hydrogen) atoms. The number of benzene rings is 1. The number of amides is 2. The molecule has 2 amide bonds. The summed E-state index contributed by atoms with van der Waals surface area (Å²) in [5.41, 5.74) is 2.33. The van der Waals surface area contributed by atoms with E-state index < -0.39 is 0 Å². The fourth-order valence-electron chi connectivity index (χ4n) is 2.76. The van der Waals surface area contributed by atoms with Crippen molar-refractivity contribution in [2.45, 2.75) is 19.8 Å². The van der Waals surface area contributed by atoms with Crippen LogP contribution in [0.2, 0.25) is 0 Å². The van der Waals surface area contributed by atoms with E-state index in [0.717, 1.165) is 37.2 Å². The zero-order valence-electron chi connectivity index (χ0n) is 12.6. The number of hydrogen-bond acceptors (Lipinski definition) is 2. The third-order valence-electron chi connectivity index (χ3n) is 3.83. The van der Waals surface area contributed by atoms with Gasteiger partial charge in [0.2, 0.25) is 5.91 Å². The van der Waals surface area contributed by atoms with Gasteiger partial charge in [-0.2, -0.15) is 0 Å². The first-order chi connectivity index (χ1) is 10.6. The highest BCUT2D eigenvalue weighted by Crippen LogP contribution is 2.27. The maximum absolute atomic E-state index is 12.6. The van der Waals surface area contributed by atoms with E-state index in [1.807, 2.05) is 41.3 Å². The minimum Gasteiger partial charge on any atom is -0.341 e. The van der Waals surface area contributed by atoms with Gasteiger partial charge in [-0.25, -0.2) is 0 Å². The van der Waals surface area contributed by atoms with Gasteiger partial charge in [0.05, 0.1) is 5.56 Å². The van der Waals surface area contributed by atoms with E-state index in [4.69, 9.17) is 0 Å². The number of carbonyl (C=O) groups is 2. The second kappa shape index (κ2) is 6.05. The first-order valence-corrected chi connectivity index (χ1v) is 7.50. The van der Waals surface area contributed by atoms with Crippen LogP contribution in [0.5, 0.6) is 0 Å². The Morgan fingerprint density at radius 3 is 2.45 bits per heavy atom. The monoisotopic (exact) mass is 297 g/mol. The van der Waals surface area contributed by atoms with Crippen LogP contribution >= 0.6 is 0 Å². The van der Waals surface area contributed by atoms with Crippen LogP contribution in [0.4, 0.5) is 5.82 Å². The van der Waals surface area contributed by atoms with Crippen LogP contribution in [0, 0.1) is 0 Å². The van der Waals surface area contributed by atoms with Crippen LogP contribution in [0.25, 0.3) is 11.3 Å². The van der Waals surface area contributed by atoms with Crippen molar-refractivity contribution in [2.75, 3.05) is 18.4 Å². The highest BCUT2D eigenvalue weighted by Gasteiger charge is 2.24. The van der Waals surface area contributed by atoms with Crippen molar-refractivity contribution < 1.29 is 9.59 Å². The molecule has 0 atom stereocenters. The van der Waals surface area contributed by atoms with Crippen molar-refractivity contribution in [3.05, 3.63) is 42.0 Å². The van der Waals surface area contributed by atoms with Gasteiger partial charge in [0, 0.05) is 25.7 Å². The van der Waals surface area contributed by atoms with Gasteiger partial charge in [-0.05, 0) is 24.5 Å². The van der Waals surface area contributed by atoms with Gasteiger partial charge in [0.1, 0.15) is 5.82 Å². The van der Waals surface area contributed by atoms with Gasteiger partial charge in [0.15, 0.2) is 0 Å². The summed E-state index contributed by atoms with van der Waals surface area (Å²) in [6.07, 6.45) is 2.08. The molecular formula is C17H19N3O2. The Hall–Kier alpha value is -2.56. The molecule has 0 saturated carbocycles. The number of aromatic nitrogens is 1. The zero-order valence-corrected chi connectivity index (χ0v) is 12.6.